The molecule has 0 fully saturated rings. The number of hydrogen-bond acceptors (Lipinski definition) is 5. The molecule has 0 aliphatic rings. The highest BCUT2D eigenvalue weighted by molar-refractivity contribution is 7.89. The predicted molar refractivity (Wildman–Crippen MR) is 90.1 cm³/mol. The Morgan fingerprint density at radius 1 is 1.21 bits per heavy atom. The summed E-state index contributed by atoms with van der Waals surface area (Å²) in [6.45, 7) is 6.76. The summed E-state index contributed by atoms with van der Waals surface area (Å²) in [5.41, 5.74) is 0.0676. The highest BCUT2D eigenvalue weighted by atomic mass is 32.2. The lowest BCUT2D eigenvalue weighted by Crippen LogP contribution is -2.35. The van der Waals surface area contributed by atoms with Gasteiger partial charge < -0.3 is 10.1 Å². The molecule has 24 heavy (non-hydrogen) atoms. The molecule has 1 unspecified atom stereocenters. The highest BCUT2D eigenvalue weighted by Crippen LogP contribution is 2.13. The fourth-order valence-electron chi connectivity index (χ4n) is 1.80. The number of ether oxygens (including phenoxy) is 1. The molecule has 0 aromatic heterocycles. The molecule has 1 aromatic carbocycles. The molecule has 1 rings (SSSR count). The Morgan fingerprint density at radius 3 is 2.46 bits per heavy atom. The molecule has 0 aliphatic carbocycles. The first-order chi connectivity index (χ1) is 11.2. The van der Waals surface area contributed by atoms with Crippen molar-refractivity contribution in [1.82, 2.24) is 10.0 Å². The summed E-state index contributed by atoms with van der Waals surface area (Å²) >= 11 is 0. The minimum Gasteiger partial charge on any atom is -0.452 e. The monoisotopic (exact) mass is 356 g/mol. The second kappa shape index (κ2) is 8.79. The summed E-state index contributed by atoms with van der Waals surface area (Å²) in [5.74, 6) is -1.15. The zero-order chi connectivity index (χ0) is 18.3. The minimum atomic E-state index is -3.70. The van der Waals surface area contributed by atoms with Gasteiger partial charge in [-0.1, -0.05) is 13.0 Å². The summed E-state index contributed by atoms with van der Waals surface area (Å²) in [6, 6.07) is 5.21. The van der Waals surface area contributed by atoms with Crippen LogP contribution in [0, 0.1) is 0 Å². The first-order valence-corrected chi connectivity index (χ1v) is 9.23. The Kier molecular flexibility index (Phi) is 7.37. The third kappa shape index (κ3) is 6.29. The molecule has 0 heterocycles. The van der Waals surface area contributed by atoms with E-state index in [4.69, 9.17) is 4.74 Å². The Hall–Kier alpha value is -1.93. The van der Waals surface area contributed by atoms with E-state index in [1.54, 1.807) is 13.8 Å². The summed E-state index contributed by atoms with van der Waals surface area (Å²) in [5, 5.41) is 2.67. The van der Waals surface area contributed by atoms with E-state index < -0.39 is 28.5 Å². The van der Waals surface area contributed by atoms with Gasteiger partial charge in [0.05, 0.1) is 10.5 Å². The first kappa shape index (κ1) is 20.1. The van der Waals surface area contributed by atoms with Gasteiger partial charge in [0.15, 0.2) is 6.61 Å². The first-order valence-electron chi connectivity index (χ1n) is 7.74. The van der Waals surface area contributed by atoms with Gasteiger partial charge in [0.2, 0.25) is 10.0 Å². The lowest BCUT2D eigenvalue weighted by molar-refractivity contribution is -0.124. The molecule has 0 radical (unpaired) electrons. The topological polar surface area (TPSA) is 102 Å². The molecule has 8 heteroatoms. The molecule has 1 atom stereocenters. The number of carbonyl (C=O) groups excluding carboxylic acids is 2. The fraction of sp³-hybridized carbons (Fsp3) is 0.500. The molecule has 0 spiro atoms. The maximum atomic E-state index is 12.1. The van der Waals surface area contributed by atoms with Crippen LogP contribution in [0.15, 0.2) is 29.2 Å². The Bertz CT molecular complexity index is 685. The van der Waals surface area contributed by atoms with E-state index in [1.165, 1.54) is 24.3 Å². The number of hydrogen-bond donors (Lipinski definition) is 2. The average Bonchev–Trinajstić information content (AvgIpc) is 2.51. The number of rotatable bonds is 8. The molecule has 0 saturated heterocycles. The SMILES string of the molecule is CCC(C)NC(=O)COC(=O)c1cccc(S(=O)(=O)NC(C)C)c1. The number of sulfonamides is 1. The molecule has 134 valence electrons. The van der Waals surface area contributed by atoms with Crippen LogP contribution in [0.1, 0.15) is 44.5 Å². The van der Waals surface area contributed by atoms with Crippen molar-refractivity contribution in [3.05, 3.63) is 29.8 Å². The number of amides is 1. The van der Waals surface area contributed by atoms with Crippen LogP contribution in [0.4, 0.5) is 0 Å². The van der Waals surface area contributed by atoms with Crippen molar-refractivity contribution in [2.45, 2.75) is 51.1 Å². The molecule has 7 nitrogen and oxygen atoms in total. The van der Waals surface area contributed by atoms with Gasteiger partial charge in [-0.15, -0.1) is 0 Å². The Labute approximate surface area is 142 Å². The van der Waals surface area contributed by atoms with Crippen LogP contribution in [-0.4, -0.2) is 39.0 Å². The van der Waals surface area contributed by atoms with Gasteiger partial charge in [-0.05, 0) is 45.4 Å². The summed E-state index contributed by atoms with van der Waals surface area (Å²) in [7, 11) is -3.70. The smallest absolute Gasteiger partial charge is 0.338 e. The largest absolute Gasteiger partial charge is 0.452 e. The van der Waals surface area contributed by atoms with Crippen LogP contribution in [0.25, 0.3) is 0 Å². The third-order valence-electron chi connectivity index (χ3n) is 3.13. The summed E-state index contributed by atoms with van der Waals surface area (Å²) in [4.78, 5) is 23.6. The molecular formula is C16H24N2O5S. The zero-order valence-electron chi connectivity index (χ0n) is 14.3. The summed E-state index contributed by atoms with van der Waals surface area (Å²) < 4.78 is 31.6. The van der Waals surface area contributed by atoms with Crippen LogP contribution < -0.4 is 10.0 Å². The lowest BCUT2D eigenvalue weighted by Gasteiger charge is -2.12. The standard InChI is InChI=1S/C16H24N2O5S/c1-5-12(4)17-15(19)10-23-16(20)13-7-6-8-14(9-13)24(21,22)18-11(2)3/h6-9,11-12,18H,5,10H2,1-4H3,(H,17,19). The highest BCUT2D eigenvalue weighted by Gasteiger charge is 2.18. The number of esters is 1. The minimum absolute atomic E-state index is 0.00761. The van der Waals surface area contributed by atoms with E-state index in [2.05, 4.69) is 10.0 Å². The van der Waals surface area contributed by atoms with Crippen LogP contribution in [0.2, 0.25) is 0 Å². The van der Waals surface area contributed by atoms with Crippen molar-refractivity contribution in [2.24, 2.45) is 0 Å². The van der Waals surface area contributed by atoms with E-state index in [0.717, 1.165) is 6.42 Å². The van der Waals surface area contributed by atoms with Crippen molar-refractivity contribution in [1.29, 1.82) is 0 Å². The third-order valence-corrected chi connectivity index (χ3v) is 4.78. The fourth-order valence-corrected chi connectivity index (χ4v) is 3.10. The Morgan fingerprint density at radius 2 is 1.88 bits per heavy atom. The molecule has 1 aromatic rings. The molecule has 0 bridgehead atoms. The van der Waals surface area contributed by atoms with E-state index in [1.807, 2.05) is 13.8 Å². The number of benzene rings is 1. The average molecular weight is 356 g/mol. The van der Waals surface area contributed by atoms with Crippen LogP contribution in [0.3, 0.4) is 0 Å². The van der Waals surface area contributed by atoms with Crippen LogP contribution in [0.5, 0.6) is 0 Å². The van der Waals surface area contributed by atoms with E-state index in [9.17, 15) is 18.0 Å². The molecular weight excluding hydrogens is 332 g/mol. The maximum absolute atomic E-state index is 12.1. The lowest BCUT2D eigenvalue weighted by atomic mass is 10.2. The van der Waals surface area contributed by atoms with Crippen molar-refractivity contribution in [2.75, 3.05) is 6.61 Å². The zero-order valence-corrected chi connectivity index (χ0v) is 15.1. The molecule has 0 aliphatic heterocycles. The van der Waals surface area contributed by atoms with Crippen molar-refractivity contribution < 1.29 is 22.7 Å². The quantitative estimate of drug-likeness (QED) is 0.687. The summed E-state index contributed by atoms with van der Waals surface area (Å²) in [6.07, 6.45) is 0.766. The van der Waals surface area contributed by atoms with Crippen LogP contribution >= 0.6 is 0 Å². The van der Waals surface area contributed by atoms with E-state index in [0.29, 0.717) is 0 Å². The van der Waals surface area contributed by atoms with E-state index >= 15 is 0 Å². The van der Waals surface area contributed by atoms with Gasteiger partial charge in [0.1, 0.15) is 0 Å². The van der Waals surface area contributed by atoms with Gasteiger partial charge in [-0.2, -0.15) is 0 Å². The van der Waals surface area contributed by atoms with Gasteiger partial charge in [-0.3, -0.25) is 4.79 Å². The second-order valence-electron chi connectivity index (χ2n) is 5.76. The van der Waals surface area contributed by atoms with Gasteiger partial charge in [0.25, 0.3) is 5.91 Å². The van der Waals surface area contributed by atoms with Gasteiger partial charge in [-0.25, -0.2) is 17.9 Å². The molecule has 1 amide bonds. The predicted octanol–water partition coefficient (Wildman–Crippen LogP) is 1.44. The molecule has 2 N–H and O–H groups in total. The van der Waals surface area contributed by atoms with Crippen molar-refractivity contribution >= 4 is 21.9 Å². The maximum Gasteiger partial charge on any atom is 0.338 e. The van der Waals surface area contributed by atoms with Gasteiger partial charge in [0, 0.05) is 12.1 Å². The van der Waals surface area contributed by atoms with Crippen molar-refractivity contribution in [3.8, 4) is 0 Å². The van der Waals surface area contributed by atoms with Crippen molar-refractivity contribution in [3.63, 3.8) is 0 Å². The van der Waals surface area contributed by atoms with E-state index in [-0.39, 0.29) is 22.5 Å². The van der Waals surface area contributed by atoms with Gasteiger partial charge >= 0.3 is 5.97 Å². The number of carbonyl (C=O) groups is 2. The van der Waals surface area contributed by atoms with Crippen LogP contribution in [-0.2, 0) is 19.6 Å². The second-order valence-corrected chi connectivity index (χ2v) is 7.47. The molecule has 0 saturated carbocycles. The number of nitrogens with one attached hydrogen (secondary N) is 2. The Balaban J connectivity index is 2.76. The normalized spacial score (nSPS) is 12.7.